The van der Waals surface area contributed by atoms with Gasteiger partial charge in [-0.25, -0.2) is 13.4 Å². The highest BCUT2D eigenvalue weighted by Gasteiger charge is 2.32. The highest BCUT2D eigenvalue weighted by Crippen LogP contribution is 2.43. The lowest BCUT2D eigenvalue weighted by molar-refractivity contribution is -0.905. The second-order valence-electron chi connectivity index (χ2n) is 10.8. The highest BCUT2D eigenvalue weighted by molar-refractivity contribution is 7.84. The van der Waals surface area contributed by atoms with E-state index in [9.17, 15) is 5.11 Å². The van der Waals surface area contributed by atoms with E-state index in [4.69, 9.17) is 38.7 Å². The number of ether oxygens (including phenoxy) is 1. The third kappa shape index (κ3) is 10.9. The Balaban J connectivity index is 0.000000771. The van der Waals surface area contributed by atoms with Gasteiger partial charge in [-0.2, -0.15) is 0 Å². The van der Waals surface area contributed by atoms with Crippen LogP contribution >= 0.6 is 11.6 Å². The maximum absolute atomic E-state index is 10.6. The van der Waals surface area contributed by atoms with Crippen molar-refractivity contribution >= 4 is 21.7 Å². The molecule has 0 spiro atoms. The van der Waals surface area contributed by atoms with E-state index in [-0.39, 0.29) is 5.92 Å². The molecule has 0 saturated heterocycles. The molecule has 39 heavy (non-hydrogen) atoms. The van der Waals surface area contributed by atoms with Crippen LogP contribution in [-0.2, 0) is 28.0 Å². The minimum Gasteiger partial charge on any atom is -0.748 e. The fourth-order valence-corrected chi connectivity index (χ4v) is 5.06. The maximum atomic E-state index is 10.6. The van der Waals surface area contributed by atoms with Gasteiger partial charge < -0.3 is 23.3 Å². The van der Waals surface area contributed by atoms with Crippen molar-refractivity contribution in [2.45, 2.75) is 51.2 Å². The van der Waals surface area contributed by atoms with Gasteiger partial charge in [-0.15, -0.1) is 0 Å². The number of likely N-dealkylation sites (N-methyl/N-ethyl adjacent to an activating group) is 1. The Morgan fingerprint density at radius 1 is 1.13 bits per heavy atom. The molecule has 214 valence electrons. The number of benzene rings is 2. The van der Waals surface area contributed by atoms with Crippen molar-refractivity contribution in [2.75, 3.05) is 33.5 Å². The fraction of sp³-hybridized carbons (Fsp3) is 0.483. The Kier molecular flexibility index (Phi) is 11.4. The minimum atomic E-state index is -3.92. The molecule has 0 aliphatic heterocycles. The van der Waals surface area contributed by atoms with Crippen molar-refractivity contribution in [2.24, 2.45) is 5.92 Å². The Labute approximate surface area is 236 Å². The first kappa shape index (κ1) is 31.1. The first-order chi connectivity index (χ1) is 18.4. The number of rotatable bonds is 10. The van der Waals surface area contributed by atoms with Crippen molar-refractivity contribution in [3.05, 3.63) is 82.5 Å². The quantitative estimate of drug-likeness (QED) is 0.186. The first-order valence-corrected chi connectivity index (χ1v) is 15.4. The predicted molar refractivity (Wildman–Crippen MR) is 150 cm³/mol. The number of aromatic nitrogens is 1. The zero-order valence-corrected chi connectivity index (χ0v) is 24.5. The topological polar surface area (TPSA) is 113 Å². The number of halogens is 1. The number of nitrogens with zero attached hydrogens (tertiary/aromatic N) is 2. The molecule has 4 rings (SSSR count). The maximum Gasteiger partial charge on any atom is 0.202 e. The third-order valence-electron chi connectivity index (χ3n) is 6.84. The molecular weight excluding hydrogens is 540 g/mol. The van der Waals surface area contributed by atoms with E-state index in [2.05, 4.69) is 14.1 Å². The number of phenolic OH excluding ortho intramolecular Hbond substituents is 1. The van der Waals surface area contributed by atoms with Gasteiger partial charge in [0.15, 0.2) is 5.76 Å². The summed E-state index contributed by atoms with van der Waals surface area (Å²) in [4.78, 5) is 4.71. The van der Waals surface area contributed by atoms with Crippen LogP contribution in [0.25, 0.3) is 0 Å². The van der Waals surface area contributed by atoms with E-state index in [1.54, 1.807) is 6.07 Å². The van der Waals surface area contributed by atoms with Crippen molar-refractivity contribution in [1.82, 2.24) is 4.98 Å². The lowest BCUT2D eigenvalue weighted by Gasteiger charge is -2.29. The molecule has 1 aliphatic rings. The van der Waals surface area contributed by atoms with Gasteiger partial charge in [0.05, 0.1) is 49.5 Å². The van der Waals surface area contributed by atoms with Crippen molar-refractivity contribution in [1.29, 1.82) is 0 Å². The standard InChI is InChI=1S/C28H35ClN2O3.CH4O3S/c1-31(2,16-17-33-20-21-12-14-23(29)15-13-21)19-24-18-30-28(34-24)27(22-8-4-3-5-9-22)25-10-6-7-11-26(25)32;1-5(2,3)4/h6-7,10-15,18,22,27H,3-5,8-9,16-17,19-20H2,1-2H3;1H3,(H,2,3,4)/t27-;/m1./s1. The average Bonchev–Trinajstić information content (AvgIpc) is 3.31. The zero-order chi connectivity index (χ0) is 28.5. The van der Waals surface area contributed by atoms with Crippen LogP contribution in [0.2, 0.25) is 5.02 Å². The zero-order valence-electron chi connectivity index (χ0n) is 22.9. The van der Waals surface area contributed by atoms with Crippen LogP contribution < -0.4 is 0 Å². The van der Waals surface area contributed by atoms with E-state index in [0.717, 1.165) is 58.2 Å². The molecule has 1 atom stereocenters. The van der Waals surface area contributed by atoms with E-state index in [0.29, 0.717) is 31.1 Å². The third-order valence-corrected chi connectivity index (χ3v) is 7.09. The van der Waals surface area contributed by atoms with Gasteiger partial charge in [-0.1, -0.05) is 61.2 Å². The summed E-state index contributed by atoms with van der Waals surface area (Å²) in [7, 11) is 0.435. The van der Waals surface area contributed by atoms with E-state index >= 15 is 0 Å². The van der Waals surface area contributed by atoms with Crippen molar-refractivity contribution in [3.63, 3.8) is 0 Å². The molecule has 3 aromatic rings. The molecule has 10 heteroatoms. The number of aromatic hydroxyl groups is 1. The van der Waals surface area contributed by atoms with Gasteiger partial charge in [0.2, 0.25) is 5.89 Å². The van der Waals surface area contributed by atoms with Crippen molar-refractivity contribution in [3.8, 4) is 5.75 Å². The molecule has 1 aliphatic carbocycles. The molecule has 8 nitrogen and oxygen atoms in total. The largest absolute Gasteiger partial charge is 0.748 e. The number of para-hydroxylation sites is 1. The SMILES string of the molecule is CS(=O)(=O)[O-].C[N+](C)(CCOCc1ccc(Cl)cc1)Cc1cnc([C@@H](c2ccccc2O)C2CCCCC2)o1. The van der Waals surface area contributed by atoms with Gasteiger partial charge in [-0.05, 0) is 42.5 Å². The molecule has 0 amide bonds. The summed E-state index contributed by atoms with van der Waals surface area (Å²) in [6.07, 6.45) is 8.48. The Bertz CT molecular complexity index is 1260. The minimum absolute atomic E-state index is 0.00595. The van der Waals surface area contributed by atoms with Gasteiger partial charge >= 0.3 is 0 Å². The Hall–Kier alpha value is -2.43. The van der Waals surface area contributed by atoms with Gasteiger partial charge in [0, 0.05) is 16.8 Å². The van der Waals surface area contributed by atoms with Gasteiger partial charge in [-0.3, -0.25) is 0 Å². The predicted octanol–water partition coefficient (Wildman–Crippen LogP) is 5.70. The summed E-state index contributed by atoms with van der Waals surface area (Å²) in [5.74, 6) is 2.36. The molecule has 0 radical (unpaired) electrons. The summed E-state index contributed by atoms with van der Waals surface area (Å²) in [6.45, 7) is 2.82. The fourth-order valence-electron chi connectivity index (χ4n) is 4.93. The van der Waals surface area contributed by atoms with Crippen LogP contribution in [0.4, 0.5) is 0 Å². The van der Waals surface area contributed by atoms with E-state index in [1.165, 1.54) is 19.3 Å². The summed E-state index contributed by atoms with van der Waals surface area (Å²) < 4.78 is 40.2. The summed E-state index contributed by atoms with van der Waals surface area (Å²) in [5, 5.41) is 11.3. The number of phenols is 1. The van der Waals surface area contributed by atoms with Crippen LogP contribution in [0.15, 0.2) is 59.1 Å². The number of oxazole rings is 1. The summed E-state index contributed by atoms with van der Waals surface area (Å²) in [5.41, 5.74) is 2.04. The smallest absolute Gasteiger partial charge is 0.202 e. The monoisotopic (exact) mass is 578 g/mol. The normalized spacial score (nSPS) is 15.4. The number of hydrogen-bond acceptors (Lipinski definition) is 7. The molecule has 1 saturated carbocycles. The lowest BCUT2D eigenvalue weighted by Crippen LogP contribution is -2.41. The molecule has 2 aromatic carbocycles. The molecular formula is C29H39ClN2O6S. The summed E-state index contributed by atoms with van der Waals surface area (Å²) >= 11 is 5.95. The molecule has 1 fully saturated rings. The molecule has 0 bridgehead atoms. The van der Waals surface area contributed by atoms with Crippen LogP contribution in [0.5, 0.6) is 5.75 Å². The Morgan fingerprint density at radius 2 is 1.77 bits per heavy atom. The van der Waals surface area contributed by atoms with Crippen molar-refractivity contribution < 1.29 is 31.7 Å². The summed E-state index contributed by atoms with van der Waals surface area (Å²) in [6, 6.07) is 15.4. The highest BCUT2D eigenvalue weighted by atomic mass is 35.5. The second kappa shape index (κ2) is 14.3. The average molecular weight is 579 g/mol. The van der Waals surface area contributed by atoms with Gasteiger partial charge in [0.1, 0.15) is 18.8 Å². The molecule has 1 N–H and O–H groups in total. The van der Waals surface area contributed by atoms with Crippen LogP contribution in [0, 0.1) is 5.92 Å². The molecule has 1 aromatic heterocycles. The van der Waals surface area contributed by atoms with Crippen LogP contribution in [0.1, 0.15) is 60.8 Å². The molecule has 0 unspecified atom stereocenters. The van der Waals surface area contributed by atoms with Gasteiger partial charge in [0.25, 0.3) is 0 Å². The van der Waals surface area contributed by atoms with E-state index < -0.39 is 10.1 Å². The first-order valence-electron chi connectivity index (χ1n) is 13.2. The molecule has 1 heterocycles. The number of quaternary nitrogens is 1. The lowest BCUT2D eigenvalue weighted by atomic mass is 9.76. The Morgan fingerprint density at radius 3 is 2.41 bits per heavy atom. The number of hydrogen-bond donors (Lipinski definition) is 1. The second-order valence-corrected chi connectivity index (χ2v) is 12.6. The van der Waals surface area contributed by atoms with Crippen LogP contribution in [0.3, 0.4) is 0 Å². The van der Waals surface area contributed by atoms with E-state index in [1.807, 2.05) is 48.7 Å². The van der Waals surface area contributed by atoms with Crippen LogP contribution in [-0.4, -0.2) is 61.0 Å².